The van der Waals surface area contributed by atoms with E-state index in [9.17, 15) is 4.79 Å². The molecule has 132 valence electrons. The molecule has 1 saturated heterocycles. The molecule has 25 heavy (non-hydrogen) atoms. The highest BCUT2D eigenvalue weighted by molar-refractivity contribution is 6.02. The average molecular weight is 340 g/mol. The first-order chi connectivity index (χ1) is 11.9. The Morgan fingerprint density at radius 1 is 1.24 bits per heavy atom. The largest absolute Gasteiger partial charge is 0.390 e. The SMILES string of the molecule is CC(C)(C)O/N=C1/CN[C@H](C(=O)Nc2ccccc2-n2cccc2)C1. The summed E-state index contributed by atoms with van der Waals surface area (Å²) in [4.78, 5) is 18.0. The summed E-state index contributed by atoms with van der Waals surface area (Å²) in [5.41, 5.74) is 2.24. The van der Waals surface area contributed by atoms with Crippen LogP contribution in [0.3, 0.4) is 0 Å². The average Bonchev–Trinajstić information content (AvgIpc) is 3.25. The van der Waals surface area contributed by atoms with Crippen LogP contribution in [-0.2, 0) is 9.63 Å². The minimum Gasteiger partial charge on any atom is -0.390 e. The first-order valence-corrected chi connectivity index (χ1v) is 8.43. The molecule has 1 aromatic carbocycles. The van der Waals surface area contributed by atoms with Crippen LogP contribution in [0, 0.1) is 0 Å². The van der Waals surface area contributed by atoms with Crippen molar-refractivity contribution in [3.8, 4) is 5.69 Å². The van der Waals surface area contributed by atoms with Crippen LogP contribution in [-0.4, -0.2) is 34.4 Å². The lowest BCUT2D eigenvalue weighted by molar-refractivity contribution is -0.117. The molecule has 0 spiro atoms. The van der Waals surface area contributed by atoms with Crippen LogP contribution >= 0.6 is 0 Å². The molecule has 2 N–H and O–H groups in total. The van der Waals surface area contributed by atoms with E-state index in [0.717, 1.165) is 17.1 Å². The van der Waals surface area contributed by atoms with Gasteiger partial charge in [0.1, 0.15) is 5.60 Å². The number of hydrogen-bond donors (Lipinski definition) is 2. The molecule has 6 nitrogen and oxygen atoms in total. The van der Waals surface area contributed by atoms with Crippen molar-refractivity contribution in [3.63, 3.8) is 0 Å². The summed E-state index contributed by atoms with van der Waals surface area (Å²) >= 11 is 0. The van der Waals surface area contributed by atoms with Crippen LogP contribution in [0.1, 0.15) is 27.2 Å². The molecule has 0 radical (unpaired) electrons. The van der Waals surface area contributed by atoms with Gasteiger partial charge in [-0.25, -0.2) is 0 Å². The smallest absolute Gasteiger partial charge is 0.241 e. The molecule has 1 amide bonds. The van der Waals surface area contributed by atoms with E-state index in [2.05, 4.69) is 15.8 Å². The topological polar surface area (TPSA) is 67.7 Å². The molecular weight excluding hydrogens is 316 g/mol. The Morgan fingerprint density at radius 3 is 2.68 bits per heavy atom. The van der Waals surface area contributed by atoms with Crippen LogP contribution < -0.4 is 10.6 Å². The van der Waals surface area contributed by atoms with Crippen molar-refractivity contribution in [2.75, 3.05) is 11.9 Å². The Hall–Kier alpha value is -2.60. The summed E-state index contributed by atoms with van der Waals surface area (Å²) in [7, 11) is 0. The maximum atomic E-state index is 12.6. The molecule has 1 atom stereocenters. The van der Waals surface area contributed by atoms with Crippen LogP contribution in [0.25, 0.3) is 5.69 Å². The third-order valence-electron chi connectivity index (χ3n) is 3.80. The summed E-state index contributed by atoms with van der Waals surface area (Å²) in [6.45, 7) is 6.40. The van der Waals surface area contributed by atoms with Gasteiger partial charge in [0, 0.05) is 25.4 Å². The Kier molecular flexibility index (Phi) is 4.90. The summed E-state index contributed by atoms with van der Waals surface area (Å²) < 4.78 is 1.97. The maximum absolute atomic E-state index is 12.6. The van der Waals surface area contributed by atoms with E-state index in [1.807, 2.05) is 74.1 Å². The second-order valence-corrected chi connectivity index (χ2v) is 7.10. The zero-order chi connectivity index (χ0) is 17.9. The normalized spacial score (nSPS) is 19.2. The van der Waals surface area contributed by atoms with E-state index in [1.54, 1.807) is 0 Å². The van der Waals surface area contributed by atoms with Crippen molar-refractivity contribution < 1.29 is 9.63 Å². The molecule has 2 aromatic rings. The van der Waals surface area contributed by atoms with E-state index >= 15 is 0 Å². The quantitative estimate of drug-likeness (QED) is 0.841. The van der Waals surface area contributed by atoms with E-state index in [-0.39, 0.29) is 17.6 Å². The summed E-state index contributed by atoms with van der Waals surface area (Å²) in [6.07, 6.45) is 4.45. The molecule has 1 aliphatic heterocycles. The van der Waals surface area contributed by atoms with Crippen LogP contribution in [0.15, 0.2) is 53.9 Å². The number of rotatable bonds is 4. The Balaban J connectivity index is 1.66. The number of carbonyl (C=O) groups is 1. The van der Waals surface area contributed by atoms with Gasteiger partial charge in [-0.1, -0.05) is 17.3 Å². The lowest BCUT2D eigenvalue weighted by Crippen LogP contribution is -2.35. The fraction of sp³-hybridized carbons (Fsp3) is 0.368. The monoisotopic (exact) mass is 340 g/mol. The van der Waals surface area contributed by atoms with Crippen LogP contribution in [0.4, 0.5) is 5.69 Å². The number of nitrogens with one attached hydrogen (secondary N) is 2. The maximum Gasteiger partial charge on any atom is 0.241 e. The van der Waals surface area contributed by atoms with Crippen molar-refractivity contribution in [3.05, 3.63) is 48.8 Å². The summed E-state index contributed by atoms with van der Waals surface area (Å²) in [5.74, 6) is -0.0689. The predicted molar refractivity (Wildman–Crippen MR) is 99.1 cm³/mol. The third kappa shape index (κ3) is 4.48. The van der Waals surface area contributed by atoms with Gasteiger partial charge in [0.2, 0.25) is 5.91 Å². The Bertz CT molecular complexity index is 760. The molecule has 2 heterocycles. The van der Waals surface area contributed by atoms with Gasteiger partial charge in [0.15, 0.2) is 0 Å². The fourth-order valence-electron chi connectivity index (χ4n) is 2.60. The zero-order valence-corrected chi connectivity index (χ0v) is 14.8. The van der Waals surface area contributed by atoms with E-state index in [0.29, 0.717) is 13.0 Å². The molecule has 0 bridgehead atoms. The minimum absolute atomic E-state index is 0.0689. The number of aromatic nitrogens is 1. The number of para-hydroxylation sites is 2. The molecule has 0 saturated carbocycles. The second kappa shape index (κ2) is 7.11. The number of hydrogen-bond acceptors (Lipinski definition) is 4. The van der Waals surface area contributed by atoms with E-state index in [1.165, 1.54) is 0 Å². The van der Waals surface area contributed by atoms with Gasteiger partial charge in [-0.2, -0.15) is 0 Å². The zero-order valence-electron chi connectivity index (χ0n) is 14.8. The number of carbonyl (C=O) groups excluding carboxylic acids is 1. The van der Waals surface area contributed by atoms with E-state index < -0.39 is 0 Å². The van der Waals surface area contributed by atoms with Gasteiger partial charge in [0.25, 0.3) is 0 Å². The summed E-state index contributed by atoms with van der Waals surface area (Å²) in [5, 5.41) is 10.4. The number of benzene rings is 1. The Labute approximate surface area is 147 Å². The molecule has 1 fully saturated rings. The molecule has 6 heteroatoms. The standard InChI is InChI=1S/C19H24N4O2/c1-19(2,3)25-22-14-12-16(20-13-14)18(24)21-15-8-4-5-9-17(15)23-10-6-7-11-23/h4-11,16,20H,12-13H2,1-3H3,(H,21,24)/b22-14+/t16-/m0/s1. The predicted octanol–water partition coefficient (Wildman–Crippen LogP) is 2.95. The van der Waals surface area contributed by atoms with Crippen molar-refractivity contribution in [2.45, 2.75) is 38.8 Å². The van der Waals surface area contributed by atoms with E-state index in [4.69, 9.17) is 4.84 Å². The van der Waals surface area contributed by atoms with Gasteiger partial charge in [0.05, 0.1) is 23.1 Å². The van der Waals surface area contributed by atoms with Crippen molar-refractivity contribution in [1.29, 1.82) is 0 Å². The second-order valence-electron chi connectivity index (χ2n) is 7.10. The first kappa shape index (κ1) is 17.2. The van der Waals surface area contributed by atoms with Crippen LogP contribution in [0.2, 0.25) is 0 Å². The van der Waals surface area contributed by atoms with Gasteiger partial charge < -0.3 is 20.0 Å². The number of oxime groups is 1. The molecule has 3 rings (SSSR count). The van der Waals surface area contributed by atoms with Gasteiger partial charge in [-0.05, 0) is 45.0 Å². The lowest BCUT2D eigenvalue weighted by atomic mass is 10.2. The fourth-order valence-corrected chi connectivity index (χ4v) is 2.60. The minimum atomic E-state index is -0.330. The highest BCUT2D eigenvalue weighted by atomic mass is 16.6. The van der Waals surface area contributed by atoms with Gasteiger partial charge in [-0.15, -0.1) is 0 Å². The molecule has 0 aliphatic carbocycles. The highest BCUT2D eigenvalue weighted by Gasteiger charge is 2.28. The van der Waals surface area contributed by atoms with Gasteiger partial charge in [-0.3, -0.25) is 4.79 Å². The molecule has 1 aromatic heterocycles. The van der Waals surface area contributed by atoms with Gasteiger partial charge >= 0.3 is 0 Å². The molecular formula is C19H24N4O2. The van der Waals surface area contributed by atoms with Crippen molar-refractivity contribution in [1.82, 2.24) is 9.88 Å². The third-order valence-corrected chi connectivity index (χ3v) is 3.80. The van der Waals surface area contributed by atoms with Crippen molar-refractivity contribution >= 4 is 17.3 Å². The molecule has 1 aliphatic rings. The highest BCUT2D eigenvalue weighted by Crippen LogP contribution is 2.21. The van der Waals surface area contributed by atoms with Crippen LogP contribution in [0.5, 0.6) is 0 Å². The lowest BCUT2D eigenvalue weighted by Gasteiger charge is -2.16. The molecule has 0 unspecified atom stereocenters. The van der Waals surface area contributed by atoms with Crippen molar-refractivity contribution in [2.24, 2.45) is 5.16 Å². The number of amides is 1. The number of nitrogens with zero attached hydrogens (tertiary/aromatic N) is 2. The summed E-state index contributed by atoms with van der Waals surface area (Å²) in [6, 6.07) is 11.3. The Morgan fingerprint density at radius 2 is 1.96 bits per heavy atom. The number of anilines is 1. The first-order valence-electron chi connectivity index (χ1n) is 8.43.